The van der Waals surface area contributed by atoms with Crippen LogP contribution < -0.4 is 0 Å². The Bertz CT molecular complexity index is 928. The summed E-state index contributed by atoms with van der Waals surface area (Å²) in [5.74, 6) is 0.630. The van der Waals surface area contributed by atoms with Crippen LogP contribution in [0.4, 0.5) is 0 Å². The molecule has 2 saturated carbocycles. The standard InChI is InChI=1S/C13H8NS.C12H22O2.Ir/c1-2-6-10(7-3-1)13-14-11-8-4-5-9-12(11)15-13;1-11(2)5-7-6-12(3,4)10(14)8(7)9(11)13;/h1-6,8-9H;7-10,13-14H,5-6H2,1-4H3;/q-1;;. The summed E-state index contributed by atoms with van der Waals surface area (Å²) in [6, 6.07) is 19.3. The molecule has 1 aromatic heterocycles. The van der Waals surface area contributed by atoms with Crippen LogP contribution in [0.5, 0.6) is 0 Å². The Morgan fingerprint density at radius 1 is 0.933 bits per heavy atom. The van der Waals surface area contributed by atoms with E-state index in [1.54, 1.807) is 11.3 Å². The second-order valence-electron chi connectivity index (χ2n) is 9.88. The number of aliphatic hydroxyl groups excluding tert-OH is 2. The van der Waals surface area contributed by atoms with E-state index < -0.39 is 0 Å². The fourth-order valence-electron chi connectivity index (χ4n) is 5.18. The third-order valence-corrected chi connectivity index (χ3v) is 7.75. The van der Waals surface area contributed by atoms with Crippen LogP contribution in [0.1, 0.15) is 40.5 Å². The van der Waals surface area contributed by atoms with Crippen molar-refractivity contribution < 1.29 is 30.3 Å². The van der Waals surface area contributed by atoms with E-state index in [0.717, 1.165) is 28.9 Å². The number of hydrogen-bond acceptors (Lipinski definition) is 4. The molecule has 2 aromatic carbocycles. The molecular weight excluding hydrogens is 571 g/mol. The Balaban J connectivity index is 0.000000166. The van der Waals surface area contributed by atoms with Gasteiger partial charge in [0.25, 0.3) is 0 Å². The van der Waals surface area contributed by atoms with Crippen LogP contribution in [-0.2, 0) is 20.1 Å². The van der Waals surface area contributed by atoms with Gasteiger partial charge >= 0.3 is 0 Å². The summed E-state index contributed by atoms with van der Waals surface area (Å²) in [7, 11) is 0. The van der Waals surface area contributed by atoms with Crippen molar-refractivity contribution in [1.82, 2.24) is 4.98 Å². The summed E-state index contributed by atoms with van der Waals surface area (Å²) in [6.07, 6.45) is 1.45. The predicted octanol–water partition coefficient (Wildman–Crippen LogP) is 5.56. The largest absolute Gasteiger partial charge is 0.392 e. The average Bonchev–Trinajstić information content (AvgIpc) is 3.27. The van der Waals surface area contributed by atoms with Gasteiger partial charge in [0.2, 0.25) is 0 Å². The molecule has 2 N–H and O–H groups in total. The molecule has 2 aliphatic rings. The molecule has 30 heavy (non-hydrogen) atoms. The van der Waals surface area contributed by atoms with E-state index in [1.165, 1.54) is 4.70 Å². The van der Waals surface area contributed by atoms with E-state index in [2.05, 4.69) is 44.8 Å². The van der Waals surface area contributed by atoms with Crippen LogP contribution in [0.2, 0.25) is 0 Å². The molecule has 5 heteroatoms. The first-order valence-corrected chi connectivity index (χ1v) is 11.2. The van der Waals surface area contributed by atoms with Crippen molar-refractivity contribution in [1.29, 1.82) is 0 Å². The summed E-state index contributed by atoms with van der Waals surface area (Å²) in [6.45, 7) is 8.43. The van der Waals surface area contributed by atoms with E-state index >= 15 is 0 Å². The van der Waals surface area contributed by atoms with Crippen molar-refractivity contribution in [3.63, 3.8) is 0 Å². The van der Waals surface area contributed by atoms with Crippen molar-refractivity contribution in [3.8, 4) is 10.6 Å². The Morgan fingerprint density at radius 3 is 2.07 bits per heavy atom. The third-order valence-electron chi connectivity index (χ3n) is 6.68. The third kappa shape index (κ3) is 4.42. The van der Waals surface area contributed by atoms with Gasteiger partial charge in [-0.15, -0.1) is 35.9 Å². The number of benzene rings is 2. The maximum Gasteiger partial charge on any atom is 0.0697 e. The smallest absolute Gasteiger partial charge is 0.0697 e. The van der Waals surface area contributed by atoms with Crippen LogP contribution in [0, 0.1) is 28.7 Å². The van der Waals surface area contributed by atoms with Gasteiger partial charge in [0, 0.05) is 35.7 Å². The number of aromatic nitrogens is 1. The Labute approximate surface area is 196 Å². The summed E-state index contributed by atoms with van der Waals surface area (Å²) in [5, 5.41) is 21.4. The zero-order valence-corrected chi connectivity index (χ0v) is 21.1. The van der Waals surface area contributed by atoms with Gasteiger partial charge in [-0.05, 0) is 41.7 Å². The number of rotatable bonds is 1. The quantitative estimate of drug-likeness (QED) is 0.360. The van der Waals surface area contributed by atoms with Crippen LogP contribution >= 0.6 is 11.3 Å². The Hall–Kier alpha value is -1.10. The molecule has 0 spiro atoms. The van der Waals surface area contributed by atoms with Crippen LogP contribution in [0.3, 0.4) is 0 Å². The van der Waals surface area contributed by atoms with E-state index in [-0.39, 0.29) is 49.1 Å². The second-order valence-corrected chi connectivity index (χ2v) is 10.9. The van der Waals surface area contributed by atoms with Crippen molar-refractivity contribution in [2.45, 2.75) is 52.7 Å². The minimum Gasteiger partial charge on any atom is -0.392 e. The molecule has 2 unspecified atom stereocenters. The number of nitrogens with zero attached hydrogens (tertiary/aromatic N) is 1. The van der Waals surface area contributed by atoms with Crippen LogP contribution in [-0.4, -0.2) is 27.4 Å². The molecule has 0 amide bonds. The van der Waals surface area contributed by atoms with Gasteiger partial charge in [0.15, 0.2) is 0 Å². The van der Waals surface area contributed by atoms with E-state index in [4.69, 9.17) is 0 Å². The molecule has 2 atom stereocenters. The van der Waals surface area contributed by atoms with Gasteiger partial charge in [-0.3, -0.25) is 4.98 Å². The molecule has 3 aromatic rings. The molecule has 2 aliphatic carbocycles. The van der Waals surface area contributed by atoms with Gasteiger partial charge in [0.1, 0.15) is 0 Å². The van der Waals surface area contributed by atoms with Crippen molar-refractivity contribution >= 4 is 21.6 Å². The minimum absolute atomic E-state index is 0. The van der Waals surface area contributed by atoms with Gasteiger partial charge in [-0.25, -0.2) is 0 Å². The predicted molar refractivity (Wildman–Crippen MR) is 120 cm³/mol. The second kappa shape index (κ2) is 8.80. The number of hydrogen-bond donors (Lipinski definition) is 2. The van der Waals surface area contributed by atoms with E-state index in [9.17, 15) is 10.2 Å². The first-order valence-electron chi connectivity index (χ1n) is 10.4. The van der Waals surface area contributed by atoms with E-state index in [0.29, 0.717) is 5.92 Å². The summed E-state index contributed by atoms with van der Waals surface area (Å²) in [4.78, 5) is 4.57. The molecule has 5 rings (SSSR count). The number of aliphatic hydroxyl groups is 2. The normalized spacial score (nSPS) is 28.3. The zero-order valence-electron chi connectivity index (χ0n) is 17.9. The van der Waals surface area contributed by atoms with Gasteiger partial charge in [0.05, 0.1) is 17.7 Å². The molecule has 0 bridgehead atoms. The van der Waals surface area contributed by atoms with E-state index in [1.807, 2.05) is 42.5 Å². The number of para-hydroxylation sites is 1. The van der Waals surface area contributed by atoms with Crippen molar-refractivity contribution in [2.24, 2.45) is 22.7 Å². The summed E-state index contributed by atoms with van der Waals surface area (Å²) in [5.41, 5.74) is 2.12. The molecule has 1 heterocycles. The fourth-order valence-corrected chi connectivity index (χ4v) is 6.14. The molecule has 3 nitrogen and oxygen atoms in total. The maximum atomic E-state index is 10.2. The Kier molecular flexibility index (Phi) is 6.91. The van der Waals surface area contributed by atoms with Crippen molar-refractivity contribution in [2.75, 3.05) is 0 Å². The fraction of sp³-hybridized carbons (Fsp3) is 0.480. The molecule has 0 aliphatic heterocycles. The number of fused-ring (bicyclic) bond motifs is 2. The van der Waals surface area contributed by atoms with Crippen LogP contribution in [0.25, 0.3) is 20.8 Å². The maximum absolute atomic E-state index is 10.2. The van der Waals surface area contributed by atoms with Crippen LogP contribution in [0.15, 0.2) is 48.5 Å². The minimum atomic E-state index is -0.329. The zero-order chi connectivity index (χ0) is 20.8. The number of thiazole rings is 1. The molecule has 0 saturated heterocycles. The average molecular weight is 601 g/mol. The van der Waals surface area contributed by atoms with Gasteiger partial charge < -0.3 is 10.2 Å². The topological polar surface area (TPSA) is 53.4 Å². The first kappa shape index (κ1) is 23.6. The Morgan fingerprint density at radius 2 is 1.53 bits per heavy atom. The monoisotopic (exact) mass is 601 g/mol. The molecule has 163 valence electrons. The first-order chi connectivity index (χ1) is 13.7. The SMILES string of the molecule is CC1(C)CC2CC(C)(C)C(O)C2C1O.[Ir].[c-]1ccccc1-c1nc2ccccc2s1. The van der Waals surface area contributed by atoms with Crippen molar-refractivity contribution in [3.05, 3.63) is 54.6 Å². The summed E-state index contributed by atoms with van der Waals surface area (Å²) >= 11 is 1.71. The molecular formula is C25H30IrNO2S-. The molecule has 2 fully saturated rings. The van der Waals surface area contributed by atoms with Gasteiger partial charge in [-0.2, -0.15) is 11.3 Å². The van der Waals surface area contributed by atoms with Gasteiger partial charge in [-0.1, -0.05) is 39.8 Å². The molecule has 1 radical (unpaired) electrons. The summed E-state index contributed by atoms with van der Waals surface area (Å²) < 4.78 is 1.23.